The van der Waals surface area contributed by atoms with Crippen LogP contribution in [0.5, 0.6) is 0 Å². The summed E-state index contributed by atoms with van der Waals surface area (Å²) in [5.41, 5.74) is 0. The van der Waals surface area contributed by atoms with Crippen LogP contribution in [0.1, 0.15) is 0 Å². The Morgan fingerprint density at radius 3 is 0.800 bits per heavy atom. The summed E-state index contributed by atoms with van der Waals surface area (Å²) in [6.07, 6.45) is 0. The summed E-state index contributed by atoms with van der Waals surface area (Å²) in [6, 6.07) is 0. The van der Waals surface area contributed by atoms with Crippen LogP contribution in [-0.4, -0.2) is 0 Å². The number of rotatable bonds is 0. The van der Waals surface area contributed by atoms with Crippen molar-refractivity contribution < 1.29 is 199 Å². The van der Waals surface area contributed by atoms with Crippen molar-refractivity contribution in [3.05, 3.63) is 0 Å². The molecule has 0 radical (unpaired) electrons. The van der Waals surface area contributed by atoms with E-state index in [1.54, 1.807) is 0 Å². The van der Waals surface area contributed by atoms with E-state index < -0.39 is 14.2 Å². The summed E-state index contributed by atoms with van der Waals surface area (Å²) >= 11 is -7.72. The predicted molar refractivity (Wildman–Crippen MR) is 2.06 cm³/mol. The Morgan fingerprint density at radius 2 is 0.800 bits per heavy atom. The molecule has 0 saturated heterocycles. The Labute approximate surface area is 192 Å². The van der Waals surface area contributed by atoms with Crippen LogP contribution in [0.25, 0.3) is 0 Å². The van der Waals surface area contributed by atoms with Gasteiger partial charge in [-0.05, 0) is 0 Å². The van der Waals surface area contributed by atoms with Gasteiger partial charge in [0.15, 0.2) is 0 Å². The van der Waals surface area contributed by atoms with Crippen LogP contribution in [0.2, 0.25) is 0 Å². The minimum absolute atomic E-state index is 0. The first-order valence-electron chi connectivity index (χ1n) is 0.722. The Bertz CT molecular complexity index is 195. The molecule has 0 aliphatic rings. The van der Waals surface area contributed by atoms with E-state index in [2.05, 4.69) is 0 Å². The van der Waals surface area contributed by atoms with Crippen molar-refractivity contribution in [3.8, 4) is 0 Å². The molecule has 0 rings (SSSR count). The van der Waals surface area contributed by atoms with Crippen molar-refractivity contribution in [2.24, 2.45) is 0 Å². The van der Waals surface area contributed by atoms with Gasteiger partial charge in [-0.15, -0.1) is 0 Å². The molecule has 0 aliphatic heterocycles. The van der Waals surface area contributed by atoms with Gasteiger partial charge in [-0.3, -0.25) is 0 Å². The van der Waals surface area contributed by atoms with Crippen LogP contribution in [0.3, 0.4) is 0 Å². The fourth-order valence-corrected chi connectivity index (χ4v) is 0. The van der Waals surface area contributed by atoms with E-state index >= 15 is 0 Å². The topological polar surface area (TPSA) is 97.3 Å². The third kappa shape index (κ3) is 73.3. The summed E-state index contributed by atoms with van der Waals surface area (Å²) in [5.74, 6) is 0. The van der Waals surface area contributed by atoms with Gasteiger partial charge in [-0.1, -0.05) is 0 Å². The van der Waals surface area contributed by atoms with Crippen LogP contribution in [0.15, 0.2) is 0 Å². The third-order valence-corrected chi connectivity index (χ3v) is 0. The molecule has 0 bridgehead atoms. The maximum atomic E-state index is 8.64. The summed E-state index contributed by atoms with van der Waals surface area (Å²) in [6.45, 7) is 0. The van der Waals surface area contributed by atoms with Crippen LogP contribution < -0.4 is 174 Å². The molecule has 48 valence electrons. The Kier molecular flexibility index (Phi) is 31.4. The van der Waals surface area contributed by atoms with E-state index in [0.717, 1.165) is 0 Å². The molecule has 0 unspecified atom stereocenters. The van der Waals surface area contributed by atoms with Crippen LogP contribution in [-0.2, 0) is 24.9 Å². The quantitative estimate of drug-likeness (QED) is 0.410. The van der Waals surface area contributed by atoms with Gasteiger partial charge in [0.25, 0.3) is 0 Å². The number of hydrogen-bond acceptors (Lipinski definition) is 5. The molecule has 0 aromatic rings. The Morgan fingerprint density at radius 1 is 0.800 bits per heavy atom. The fraction of sp³-hybridized carbons (Fsp3) is 0. The standard InChI is InChI=1S/ClH.3K.5O.Ru/h1H;;;;;;;;;/q;3*+1;;;;2*-1;/p-1. The molecule has 0 heterocycles. The zero-order valence-corrected chi connectivity index (χ0v) is 17.6. The molecular formula is ClK3O5Ru. The fourth-order valence-electron chi connectivity index (χ4n) is 0. The number of halogens is 1. The average Bonchev–Trinajstić information content (AvgIpc) is 0.650. The molecule has 0 fully saturated rings. The maximum absolute atomic E-state index is 8.64. The van der Waals surface area contributed by atoms with Crippen molar-refractivity contribution in [2.75, 3.05) is 0 Å². The van der Waals surface area contributed by atoms with Crippen molar-refractivity contribution in [3.63, 3.8) is 0 Å². The van der Waals surface area contributed by atoms with Crippen LogP contribution in [0, 0.1) is 0 Å². The minimum atomic E-state index is -7.72. The average molecular weight is 334 g/mol. The zero-order valence-electron chi connectivity index (χ0n) is 5.77. The van der Waals surface area contributed by atoms with Crippen LogP contribution in [0.4, 0.5) is 0 Å². The van der Waals surface area contributed by atoms with Gasteiger partial charge in [0, 0.05) is 0 Å². The van der Waals surface area contributed by atoms with E-state index in [1.165, 1.54) is 0 Å². The molecule has 0 aromatic carbocycles. The molecule has 0 aromatic heterocycles. The second-order valence-corrected chi connectivity index (χ2v) is 3.49. The molecule has 10 heavy (non-hydrogen) atoms. The molecular weight excluding hydrogens is 334 g/mol. The summed E-state index contributed by atoms with van der Waals surface area (Å²) in [5, 5.41) is 0. The molecule has 0 aliphatic carbocycles. The third-order valence-electron chi connectivity index (χ3n) is 0. The van der Waals surface area contributed by atoms with E-state index in [4.69, 9.17) is 18.6 Å². The van der Waals surface area contributed by atoms with E-state index in [-0.39, 0.29) is 167 Å². The monoisotopic (exact) mass is 334 g/mol. The van der Waals surface area contributed by atoms with E-state index in [0.29, 0.717) is 0 Å². The normalized spacial score (nSPS) is 11.2. The first-order chi connectivity index (χ1) is 2.24. The van der Waals surface area contributed by atoms with E-state index in [1.807, 2.05) is 0 Å². The second kappa shape index (κ2) is 10.7. The SMILES string of the molecule is [Cl-].[K+].[K+].[K+].[O]=[Ru](=[O])(=[O])([O-])[O-]. The van der Waals surface area contributed by atoms with Gasteiger partial charge >= 0.3 is 187 Å². The molecule has 0 amide bonds. The summed E-state index contributed by atoms with van der Waals surface area (Å²) in [4.78, 5) is 0. The van der Waals surface area contributed by atoms with Gasteiger partial charge in [0.2, 0.25) is 0 Å². The second-order valence-electron chi connectivity index (χ2n) is 0.589. The van der Waals surface area contributed by atoms with Crippen molar-refractivity contribution in [1.29, 1.82) is 0 Å². The van der Waals surface area contributed by atoms with Gasteiger partial charge in [0.1, 0.15) is 0 Å². The summed E-state index contributed by atoms with van der Waals surface area (Å²) in [7, 11) is 0. The molecule has 0 N–H and O–H groups in total. The Hall–Kier alpha value is 5.14. The van der Waals surface area contributed by atoms with Crippen molar-refractivity contribution >= 4 is 0 Å². The van der Waals surface area contributed by atoms with Gasteiger partial charge in [-0.2, -0.15) is 0 Å². The van der Waals surface area contributed by atoms with Crippen molar-refractivity contribution in [2.45, 2.75) is 0 Å². The first kappa shape index (κ1) is 29.4. The Balaban J connectivity index is -0.0000000208. The summed E-state index contributed by atoms with van der Waals surface area (Å²) < 4.78 is 43.2. The molecule has 0 spiro atoms. The predicted octanol–water partition coefficient (Wildman–Crippen LogP) is -14.7. The molecule has 5 nitrogen and oxygen atoms in total. The van der Waals surface area contributed by atoms with Gasteiger partial charge < -0.3 is 12.4 Å². The number of hydrogen-bond donors (Lipinski definition) is 0. The molecule has 0 atom stereocenters. The first-order valence-corrected chi connectivity index (χ1v) is 4.27. The zero-order chi connectivity index (χ0) is 5.45. The van der Waals surface area contributed by atoms with Gasteiger partial charge in [-0.25, -0.2) is 0 Å². The van der Waals surface area contributed by atoms with Crippen molar-refractivity contribution in [1.82, 2.24) is 0 Å². The van der Waals surface area contributed by atoms with E-state index in [9.17, 15) is 0 Å². The molecule has 10 heteroatoms. The van der Waals surface area contributed by atoms with Gasteiger partial charge in [0.05, 0.1) is 0 Å². The molecule has 0 saturated carbocycles. The van der Waals surface area contributed by atoms with Crippen LogP contribution >= 0.6 is 0 Å².